The van der Waals surface area contributed by atoms with Gasteiger partial charge in [-0.3, -0.25) is 14.2 Å². The van der Waals surface area contributed by atoms with Gasteiger partial charge in [-0.25, -0.2) is 4.39 Å². The first kappa shape index (κ1) is 27.7. The van der Waals surface area contributed by atoms with Crippen molar-refractivity contribution in [1.29, 1.82) is 0 Å². The number of rotatable bonds is 9. The topological polar surface area (TPSA) is 21.7 Å². The summed E-state index contributed by atoms with van der Waals surface area (Å²) in [5.41, 5.74) is 6.57. The van der Waals surface area contributed by atoms with E-state index in [9.17, 15) is 8.92 Å². The van der Waals surface area contributed by atoms with E-state index in [1.807, 2.05) is 24.3 Å². The van der Waals surface area contributed by atoms with Crippen molar-refractivity contribution in [2.75, 3.05) is 26.3 Å². The Morgan fingerprint density at radius 3 is 2.54 bits per heavy atom. The number of benzene rings is 3. The van der Waals surface area contributed by atoms with Gasteiger partial charge in [-0.05, 0) is 109 Å². The Balaban J connectivity index is 1.48. The van der Waals surface area contributed by atoms with E-state index in [0.29, 0.717) is 18.4 Å². The molecule has 7 heteroatoms. The van der Waals surface area contributed by atoms with Gasteiger partial charge < -0.3 is 4.74 Å². The molecule has 0 spiro atoms. The molecule has 2 aliphatic rings. The zero-order valence-electron chi connectivity index (χ0n) is 22.3. The van der Waals surface area contributed by atoms with Crippen LogP contribution in [0.2, 0.25) is 0 Å². The number of hydrogen-bond acceptors (Lipinski definition) is 3. The van der Waals surface area contributed by atoms with E-state index in [2.05, 4.69) is 44.2 Å². The highest BCUT2D eigenvalue weighted by molar-refractivity contribution is 7.27. The van der Waals surface area contributed by atoms with E-state index < -0.39 is 5.82 Å². The summed E-state index contributed by atoms with van der Waals surface area (Å²) in [6.45, 7) is 4.52. The van der Waals surface area contributed by atoms with Crippen LogP contribution in [0.25, 0.3) is 11.1 Å². The summed E-state index contributed by atoms with van der Waals surface area (Å²) in [6, 6.07) is 17.5. The Bertz CT molecular complexity index is 1340. The van der Waals surface area contributed by atoms with Gasteiger partial charge in [0.25, 0.3) is 0 Å². The molecule has 0 radical (unpaired) electrons. The highest BCUT2D eigenvalue weighted by Gasteiger charge is 2.26. The Hall–Kier alpha value is -2.82. The molecule has 2 atom stereocenters. The molecule has 3 aromatic rings. The van der Waals surface area contributed by atoms with Crippen molar-refractivity contribution in [1.82, 2.24) is 4.90 Å². The lowest BCUT2D eigenvalue weighted by molar-refractivity contribution is -0.0108. The number of alkyl halides is 1. The summed E-state index contributed by atoms with van der Waals surface area (Å²) in [5.74, 6) is -0.224. The highest BCUT2D eigenvalue weighted by atomic mass is 31.0. The van der Waals surface area contributed by atoms with Crippen LogP contribution >= 0.6 is 9.24 Å². The second-order valence-electron chi connectivity index (χ2n) is 10.5. The van der Waals surface area contributed by atoms with Gasteiger partial charge in [0, 0.05) is 17.6 Å². The van der Waals surface area contributed by atoms with E-state index in [-0.39, 0.29) is 18.5 Å². The fraction of sp³-hybridized carbons (Fsp3) is 0.375. The van der Waals surface area contributed by atoms with Crippen molar-refractivity contribution in [3.05, 3.63) is 88.2 Å². The zero-order chi connectivity index (χ0) is 27.4. The minimum Gasteiger partial charge on any atom is -0.489 e. The molecule has 0 N–H and O–H groups in total. The van der Waals surface area contributed by atoms with Crippen molar-refractivity contribution in [2.45, 2.75) is 51.6 Å². The predicted octanol–water partition coefficient (Wildman–Crippen LogP) is 7.40. The average Bonchev–Trinajstić information content (AvgIpc) is 3.28. The van der Waals surface area contributed by atoms with Gasteiger partial charge in [0.15, 0.2) is 5.82 Å². The lowest BCUT2D eigenvalue weighted by atomic mass is 9.87. The number of ether oxygens (including phenoxy) is 1. The Morgan fingerprint density at radius 2 is 1.79 bits per heavy atom. The molecule has 3 nitrogen and oxygen atoms in total. The molecule has 1 heterocycles. The number of allylic oxidation sites excluding steroid dienone is 1. The third-order valence-corrected chi connectivity index (χ3v) is 8.26. The fourth-order valence-electron chi connectivity index (χ4n) is 5.84. The molecular formula is C32H35F3NO2P. The van der Waals surface area contributed by atoms with Gasteiger partial charge in [0.2, 0.25) is 5.75 Å². The first-order valence-electron chi connectivity index (χ1n) is 13.7. The smallest absolute Gasteiger partial charge is 0.207 e. The van der Waals surface area contributed by atoms with Crippen LogP contribution in [0.1, 0.15) is 59.9 Å². The van der Waals surface area contributed by atoms with Crippen LogP contribution < -0.4 is 15.0 Å². The Labute approximate surface area is 231 Å². The van der Waals surface area contributed by atoms with Crippen LogP contribution in [0.5, 0.6) is 11.5 Å². The second kappa shape index (κ2) is 12.6. The van der Waals surface area contributed by atoms with Crippen LogP contribution in [0.4, 0.5) is 13.3 Å². The van der Waals surface area contributed by atoms with Crippen molar-refractivity contribution in [2.24, 2.45) is 0 Å². The molecule has 5 rings (SSSR count). The largest absolute Gasteiger partial charge is 0.489 e. The van der Waals surface area contributed by atoms with Gasteiger partial charge in [0.05, 0.1) is 6.67 Å². The third-order valence-electron chi connectivity index (χ3n) is 7.78. The first-order chi connectivity index (χ1) is 19.0. The molecule has 0 bridgehead atoms. The summed E-state index contributed by atoms with van der Waals surface area (Å²) < 4.78 is 47.0. The lowest BCUT2D eigenvalue weighted by Gasteiger charge is -2.20. The quantitative estimate of drug-likeness (QED) is 0.204. The molecule has 1 aliphatic carbocycles. The number of fused-ring (bicyclic) bond motifs is 1. The molecule has 1 saturated heterocycles. The summed E-state index contributed by atoms with van der Waals surface area (Å²) in [5, 5.41) is 1.09. The zero-order valence-corrected chi connectivity index (χ0v) is 23.5. The minimum atomic E-state index is -0.638. The molecule has 0 saturated carbocycles. The van der Waals surface area contributed by atoms with Crippen molar-refractivity contribution >= 4 is 25.7 Å². The number of halogens is 3. The molecule has 206 valence electrons. The van der Waals surface area contributed by atoms with E-state index in [0.717, 1.165) is 84.2 Å². The van der Waals surface area contributed by atoms with Crippen LogP contribution in [-0.2, 0) is 6.42 Å². The molecule has 1 unspecified atom stereocenters. The van der Waals surface area contributed by atoms with E-state index in [1.165, 1.54) is 11.6 Å². The van der Waals surface area contributed by atoms with Gasteiger partial charge in [-0.1, -0.05) is 42.0 Å². The van der Waals surface area contributed by atoms with E-state index >= 15 is 4.39 Å². The summed E-state index contributed by atoms with van der Waals surface area (Å²) in [6.07, 6.45) is 4.53. The van der Waals surface area contributed by atoms with Crippen molar-refractivity contribution in [3.8, 4) is 11.5 Å². The summed E-state index contributed by atoms with van der Waals surface area (Å²) in [4.78, 5) is 6.15. The average molecular weight is 554 g/mol. The number of nitrogens with zero attached hydrogens (tertiary/aromatic N) is 1. The van der Waals surface area contributed by atoms with Gasteiger partial charge >= 0.3 is 0 Å². The second-order valence-corrected chi connectivity index (χ2v) is 11.2. The monoisotopic (exact) mass is 553 g/mol. The summed E-state index contributed by atoms with van der Waals surface area (Å²) >= 11 is 0. The maximum atomic E-state index is 15.3. The molecule has 1 aliphatic heterocycles. The molecule has 0 aromatic heterocycles. The number of unbranched alkanes of at least 4 members (excludes halogenated alkanes) is 1. The number of likely N-dealkylation sites (tertiary alicyclic amines) is 1. The number of hydrogen-bond donors (Lipinski definition) is 0. The Morgan fingerprint density at radius 1 is 1.00 bits per heavy atom. The van der Waals surface area contributed by atoms with E-state index in [1.54, 1.807) is 6.07 Å². The van der Waals surface area contributed by atoms with Crippen LogP contribution in [0.15, 0.2) is 54.6 Å². The minimum absolute atomic E-state index is 0.107. The number of aryl methyl sites for hydroxylation is 1. The molecule has 1 fully saturated rings. The van der Waals surface area contributed by atoms with E-state index in [4.69, 9.17) is 4.74 Å². The van der Waals surface area contributed by atoms with Gasteiger partial charge in [-0.15, -0.1) is 9.24 Å². The molecule has 39 heavy (non-hydrogen) atoms. The normalized spacial score (nSPS) is 17.7. The standard InChI is InChI=1S/C32H35F3NO2P/c1-21-7-12-25(30(39)19-21)26-5-4-6-28-27(13-14-29(38-35)32(28)34)31(26)22-8-10-23(11-9-22)37-24-15-18-36(20-24)17-3-2-16-33/h7-14,19,24H,2-6,15-18,20,39H2,1H3/t24-/m0/s1. The fourth-order valence-corrected chi connectivity index (χ4v) is 6.38. The van der Waals surface area contributed by atoms with Gasteiger partial charge in [0.1, 0.15) is 11.9 Å². The van der Waals surface area contributed by atoms with Gasteiger partial charge in [-0.2, -0.15) is 0 Å². The first-order valence-corrected chi connectivity index (χ1v) is 14.3. The maximum Gasteiger partial charge on any atom is 0.207 e. The third kappa shape index (κ3) is 6.18. The Kier molecular flexibility index (Phi) is 8.94. The van der Waals surface area contributed by atoms with Crippen LogP contribution in [0, 0.1) is 12.7 Å². The summed E-state index contributed by atoms with van der Waals surface area (Å²) in [7, 11) is 2.84. The molecular weight excluding hydrogens is 518 g/mol. The highest BCUT2D eigenvalue weighted by Crippen LogP contribution is 2.42. The van der Waals surface area contributed by atoms with Crippen molar-refractivity contribution < 1.29 is 23.0 Å². The predicted molar refractivity (Wildman–Crippen MR) is 155 cm³/mol. The molecule has 3 aromatic carbocycles. The molecule has 0 amide bonds. The maximum absolute atomic E-state index is 15.3. The SMILES string of the molecule is Cc1ccc(C2=C(c3ccc(O[C@H]4CCN(CCCCF)C4)cc3)c3ccc(OF)c(F)c3CCC2)c(P)c1. The van der Waals surface area contributed by atoms with Crippen molar-refractivity contribution in [3.63, 3.8) is 0 Å². The van der Waals surface area contributed by atoms with Crippen LogP contribution in [0.3, 0.4) is 0 Å². The van der Waals surface area contributed by atoms with Crippen LogP contribution in [-0.4, -0.2) is 37.3 Å². The lowest BCUT2D eigenvalue weighted by Crippen LogP contribution is -2.25.